The maximum Gasteiger partial charge on any atom is 0.389 e. The Morgan fingerprint density at radius 2 is 1.68 bits per heavy atom. The van der Waals surface area contributed by atoms with Gasteiger partial charge in [-0.2, -0.15) is 18.4 Å². The van der Waals surface area contributed by atoms with Crippen molar-refractivity contribution in [2.75, 3.05) is 7.05 Å². The zero-order chi connectivity index (χ0) is 32.2. The Kier molecular flexibility index (Phi) is 9.37. The number of alkyl halides is 3. The van der Waals surface area contributed by atoms with E-state index in [0.29, 0.717) is 18.4 Å². The third-order valence-corrected chi connectivity index (χ3v) is 7.26. The molecule has 2 heterocycles. The molecule has 1 fully saturated rings. The predicted molar refractivity (Wildman–Crippen MR) is 154 cm³/mol. The van der Waals surface area contributed by atoms with Gasteiger partial charge >= 0.3 is 6.18 Å². The van der Waals surface area contributed by atoms with Crippen LogP contribution in [0.1, 0.15) is 65.9 Å². The molecule has 0 atom stereocenters. The molecule has 2 amide bonds. The summed E-state index contributed by atoms with van der Waals surface area (Å²) < 4.78 is 74.0. The smallest absolute Gasteiger partial charge is 0.389 e. The number of rotatable bonds is 7. The van der Waals surface area contributed by atoms with Crippen molar-refractivity contribution in [3.05, 3.63) is 77.0 Å². The summed E-state index contributed by atoms with van der Waals surface area (Å²) in [5.41, 5.74) is -1.07. The lowest BCUT2D eigenvalue weighted by atomic mass is 9.78. The summed E-state index contributed by atoms with van der Waals surface area (Å²) in [6.45, 7) is 4.00. The largest absolute Gasteiger partial charge is 0.437 e. The van der Waals surface area contributed by atoms with E-state index in [9.17, 15) is 36.8 Å². The summed E-state index contributed by atoms with van der Waals surface area (Å²) in [5.74, 6) is -2.82. The number of nitrogens with zero attached hydrogens (tertiary/aromatic N) is 2. The number of halogens is 5. The quantitative estimate of drug-likeness (QED) is 0.210. The Labute approximate surface area is 250 Å². The molecule has 0 unspecified atom stereocenters. The molecular weight excluding hydrogens is 583 g/mol. The zero-order valence-corrected chi connectivity index (χ0v) is 24.2. The van der Waals surface area contributed by atoms with E-state index in [4.69, 9.17) is 4.42 Å². The third kappa shape index (κ3) is 6.56. The van der Waals surface area contributed by atoms with Gasteiger partial charge < -0.3 is 15.1 Å². The topological polar surface area (TPSA) is 108 Å². The molecule has 5 rings (SSSR count). The van der Waals surface area contributed by atoms with E-state index in [1.807, 2.05) is 19.9 Å². The molecule has 7 nitrogen and oxygen atoms in total. The fourth-order valence-corrected chi connectivity index (χ4v) is 4.86. The zero-order valence-electron chi connectivity index (χ0n) is 24.2. The number of hydrogen-bond acceptors (Lipinski definition) is 5. The molecule has 4 aromatic rings. The number of nitrogens with one attached hydrogen (secondary N) is 2. The van der Waals surface area contributed by atoms with E-state index >= 15 is 0 Å². The maximum atomic E-state index is 14.8. The van der Waals surface area contributed by atoms with Gasteiger partial charge in [0.1, 0.15) is 22.9 Å². The van der Waals surface area contributed by atoms with Gasteiger partial charge in [-0.25, -0.2) is 13.8 Å². The summed E-state index contributed by atoms with van der Waals surface area (Å²) in [6.07, 6.45) is -4.77. The highest BCUT2D eigenvalue weighted by atomic mass is 19.4. The Bertz CT molecular complexity index is 1740. The number of pyridine rings is 1. The first kappa shape index (κ1) is 32.1. The molecule has 2 aromatic carbocycles. The molecule has 44 heavy (non-hydrogen) atoms. The second-order valence-electron chi connectivity index (χ2n) is 10.0. The number of aryl methyl sites for hydroxylation is 1. The number of carbonyl (C=O) groups is 2. The summed E-state index contributed by atoms with van der Waals surface area (Å²) in [4.78, 5) is 30.3. The summed E-state index contributed by atoms with van der Waals surface area (Å²) >= 11 is 0. The Morgan fingerprint density at radius 3 is 2.25 bits per heavy atom. The van der Waals surface area contributed by atoms with Gasteiger partial charge in [0.15, 0.2) is 0 Å². The Morgan fingerprint density at radius 1 is 1.02 bits per heavy atom. The number of nitriles is 1. The van der Waals surface area contributed by atoms with E-state index in [-0.39, 0.29) is 39.2 Å². The normalized spacial score (nSPS) is 13.7. The van der Waals surface area contributed by atoms with Crippen molar-refractivity contribution in [3.63, 3.8) is 0 Å². The molecule has 230 valence electrons. The Balaban J connectivity index is 0.00000216. The van der Waals surface area contributed by atoms with Crippen molar-refractivity contribution in [1.82, 2.24) is 15.6 Å². The predicted octanol–water partition coefficient (Wildman–Crippen LogP) is 7.50. The second kappa shape index (κ2) is 12.8. The minimum absolute atomic E-state index is 0.0104. The van der Waals surface area contributed by atoms with E-state index in [0.717, 1.165) is 24.6 Å². The maximum absolute atomic E-state index is 14.8. The van der Waals surface area contributed by atoms with Crippen LogP contribution in [0.5, 0.6) is 0 Å². The molecule has 0 aliphatic heterocycles. The van der Waals surface area contributed by atoms with E-state index in [1.54, 1.807) is 0 Å². The van der Waals surface area contributed by atoms with Crippen LogP contribution in [0.15, 0.2) is 52.9 Å². The molecule has 1 aliphatic carbocycles. The van der Waals surface area contributed by atoms with Gasteiger partial charge in [-0.15, -0.1) is 0 Å². The number of aromatic nitrogens is 1. The van der Waals surface area contributed by atoms with Gasteiger partial charge in [0, 0.05) is 24.6 Å². The molecule has 2 N–H and O–H groups in total. The third-order valence-electron chi connectivity index (χ3n) is 7.26. The first-order chi connectivity index (χ1) is 20.9. The molecule has 1 aliphatic rings. The average Bonchev–Trinajstić information content (AvgIpc) is 3.36. The van der Waals surface area contributed by atoms with Crippen LogP contribution >= 0.6 is 0 Å². The van der Waals surface area contributed by atoms with E-state index in [1.165, 1.54) is 37.4 Å². The van der Waals surface area contributed by atoms with Gasteiger partial charge in [-0.1, -0.05) is 19.9 Å². The Hall–Kier alpha value is -4.79. The number of benzene rings is 2. The first-order valence-electron chi connectivity index (χ1n) is 14.0. The standard InChI is InChI=1S/C30H23F5N4O3.C2H6/c1-37-27(41)24-21-14-19(17-5-8-22(32)20(13-17)26(40)39-29(15-36)10-2-11-29)23(9-12-30(33,34)35)38-28(21)42-25(24)16-3-6-18(31)7-4-16;1-2/h3-8,13-14H,2,9-12H2,1H3,(H,37,41)(H,39,40);1-2H3. The number of carbonyl (C=O) groups excluding carboxylic acids is 2. The fourth-order valence-electron chi connectivity index (χ4n) is 4.86. The van der Waals surface area contributed by atoms with Crippen molar-refractivity contribution in [3.8, 4) is 28.5 Å². The van der Waals surface area contributed by atoms with Crippen LogP contribution < -0.4 is 10.6 Å². The second-order valence-corrected chi connectivity index (χ2v) is 10.0. The van der Waals surface area contributed by atoms with E-state index in [2.05, 4.69) is 15.6 Å². The fraction of sp³-hybridized carbons (Fsp3) is 0.312. The van der Waals surface area contributed by atoms with Crippen molar-refractivity contribution < 1.29 is 36.0 Å². The average molecular weight is 613 g/mol. The molecule has 0 spiro atoms. The van der Waals surface area contributed by atoms with Crippen LogP contribution in [-0.2, 0) is 6.42 Å². The number of fused-ring (bicyclic) bond motifs is 1. The SMILES string of the molecule is CC.CNC(=O)c1c(-c2ccc(F)cc2)oc2nc(CCC(F)(F)F)c(-c3ccc(F)c(C(=O)NC4(C#N)CCC4)c3)cc12. The number of furan rings is 1. The highest BCUT2D eigenvalue weighted by Crippen LogP contribution is 2.38. The van der Waals surface area contributed by atoms with Crippen LogP contribution in [0.4, 0.5) is 22.0 Å². The lowest BCUT2D eigenvalue weighted by Gasteiger charge is -2.35. The van der Waals surface area contributed by atoms with Crippen LogP contribution in [0.2, 0.25) is 0 Å². The van der Waals surface area contributed by atoms with Crippen LogP contribution in [0.25, 0.3) is 33.6 Å². The van der Waals surface area contributed by atoms with Crippen LogP contribution in [0.3, 0.4) is 0 Å². The van der Waals surface area contributed by atoms with Gasteiger partial charge in [0.05, 0.1) is 28.3 Å². The molecule has 12 heteroatoms. The van der Waals surface area contributed by atoms with Crippen LogP contribution in [0, 0.1) is 23.0 Å². The molecule has 1 saturated carbocycles. The monoisotopic (exact) mass is 612 g/mol. The summed E-state index contributed by atoms with van der Waals surface area (Å²) in [5, 5.41) is 14.7. The van der Waals surface area contributed by atoms with Crippen molar-refractivity contribution in [2.24, 2.45) is 0 Å². The van der Waals surface area contributed by atoms with Crippen molar-refractivity contribution >= 4 is 22.9 Å². The number of amides is 2. The van der Waals surface area contributed by atoms with E-state index < -0.39 is 53.6 Å². The van der Waals surface area contributed by atoms with Gasteiger partial charge in [0.2, 0.25) is 5.71 Å². The lowest BCUT2D eigenvalue weighted by Crippen LogP contribution is -2.52. The van der Waals surface area contributed by atoms with Gasteiger partial charge in [0.25, 0.3) is 11.8 Å². The molecule has 0 bridgehead atoms. The minimum Gasteiger partial charge on any atom is -0.437 e. The minimum atomic E-state index is -4.52. The molecular formula is C32H29F5N4O3. The van der Waals surface area contributed by atoms with Crippen molar-refractivity contribution in [1.29, 1.82) is 5.26 Å². The first-order valence-corrected chi connectivity index (χ1v) is 14.0. The summed E-state index contributed by atoms with van der Waals surface area (Å²) in [6, 6.07) is 12.0. The molecule has 0 saturated heterocycles. The summed E-state index contributed by atoms with van der Waals surface area (Å²) in [7, 11) is 1.38. The lowest BCUT2D eigenvalue weighted by molar-refractivity contribution is -0.134. The van der Waals surface area contributed by atoms with Crippen molar-refractivity contribution in [2.45, 2.75) is 57.7 Å². The highest BCUT2D eigenvalue weighted by molar-refractivity contribution is 6.11. The van der Waals surface area contributed by atoms with Crippen LogP contribution in [-0.4, -0.2) is 35.6 Å². The number of hydrogen-bond donors (Lipinski definition) is 2. The molecule has 0 radical (unpaired) electrons. The highest BCUT2D eigenvalue weighted by Gasteiger charge is 2.39. The molecule has 2 aromatic heterocycles. The van der Waals surface area contributed by atoms with Gasteiger partial charge in [-0.3, -0.25) is 9.59 Å². The van der Waals surface area contributed by atoms with Gasteiger partial charge in [-0.05, 0) is 73.7 Å².